The van der Waals surface area contributed by atoms with Gasteiger partial charge in [-0.1, -0.05) is 11.2 Å². The summed E-state index contributed by atoms with van der Waals surface area (Å²) >= 11 is 0. The second kappa shape index (κ2) is 6.23. The predicted molar refractivity (Wildman–Crippen MR) is 89.1 cm³/mol. The van der Waals surface area contributed by atoms with E-state index in [1.165, 1.54) is 6.07 Å². The zero-order chi connectivity index (χ0) is 17.2. The molecule has 4 rings (SSSR count). The number of nitrogens with one attached hydrogen (secondary N) is 1. The molecule has 126 valence electrons. The molecular weight excluding hydrogens is 324 g/mol. The molecule has 0 aliphatic rings. The topological polar surface area (TPSA) is 107 Å². The lowest BCUT2D eigenvalue weighted by Crippen LogP contribution is -2.18. The third-order valence-electron chi connectivity index (χ3n) is 3.83. The number of H-pyrrole nitrogens is 1. The van der Waals surface area contributed by atoms with Crippen LogP contribution in [0.3, 0.4) is 0 Å². The van der Waals surface area contributed by atoms with Gasteiger partial charge in [-0.05, 0) is 30.7 Å². The Balaban J connectivity index is 1.46. The standard InChI is InChI=1S/C17H14N4O4/c22-15-5-1-2-8-21(15)9-3-4-14-19-16(25-20-14)11-6-7-13-12(10-11)18-17(23)24-13/h1-2,5-8,10H,3-4,9H2,(H,18,23). The highest BCUT2D eigenvalue weighted by Crippen LogP contribution is 2.21. The molecule has 8 heteroatoms. The molecule has 25 heavy (non-hydrogen) atoms. The van der Waals surface area contributed by atoms with Crippen molar-refractivity contribution in [2.24, 2.45) is 0 Å². The lowest BCUT2D eigenvalue weighted by Gasteiger charge is -2.02. The molecule has 8 nitrogen and oxygen atoms in total. The van der Waals surface area contributed by atoms with Gasteiger partial charge >= 0.3 is 5.76 Å². The van der Waals surface area contributed by atoms with Gasteiger partial charge in [-0.3, -0.25) is 9.78 Å². The molecule has 0 saturated heterocycles. The zero-order valence-corrected chi connectivity index (χ0v) is 13.1. The summed E-state index contributed by atoms with van der Waals surface area (Å²) in [4.78, 5) is 29.8. The number of hydrogen-bond donors (Lipinski definition) is 1. The van der Waals surface area contributed by atoms with Crippen molar-refractivity contribution in [3.05, 3.63) is 69.3 Å². The Bertz CT molecular complexity index is 1130. The van der Waals surface area contributed by atoms with E-state index in [0.29, 0.717) is 41.3 Å². The van der Waals surface area contributed by atoms with Crippen molar-refractivity contribution in [2.75, 3.05) is 0 Å². The van der Waals surface area contributed by atoms with Crippen LogP contribution in [0.25, 0.3) is 22.6 Å². The van der Waals surface area contributed by atoms with Gasteiger partial charge in [0, 0.05) is 30.8 Å². The molecule has 0 aliphatic carbocycles. The first-order chi connectivity index (χ1) is 12.2. The monoisotopic (exact) mass is 338 g/mol. The van der Waals surface area contributed by atoms with Gasteiger partial charge in [-0.15, -0.1) is 0 Å². The molecule has 0 spiro atoms. The molecule has 0 bridgehead atoms. The van der Waals surface area contributed by atoms with E-state index in [9.17, 15) is 9.59 Å². The van der Waals surface area contributed by atoms with Gasteiger partial charge in [-0.2, -0.15) is 4.98 Å². The van der Waals surface area contributed by atoms with Gasteiger partial charge in [0.2, 0.25) is 5.56 Å². The highest BCUT2D eigenvalue weighted by atomic mass is 16.5. The summed E-state index contributed by atoms with van der Waals surface area (Å²) in [5.74, 6) is 0.435. The third-order valence-corrected chi connectivity index (χ3v) is 3.83. The summed E-state index contributed by atoms with van der Waals surface area (Å²) in [6.07, 6.45) is 3.07. The van der Waals surface area contributed by atoms with Crippen molar-refractivity contribution in [1.29, 1.82) is 0 Å². The van der Waals surface area contributed by atoms with Crippen molar-refractivity contribution < 1.29 is 8.94 Å². The van der Waals surface area contributed by atoms with Crippen LogP contribution in [0.15, 0.2) is 61.1 Å². The molecule has 0 saturated carbocycles. The van der Waals surface area contributed by atoms with Crippen molar-refractivity contribution in [3.8, 4) is 11.5 Å². The number of fused-ring (bicyclic) bond motifs is 1. The van der Waals surface area contributed by atoms with Crippen LogP contribution in [0.5, 0.6) is 0 Å². The fourth-order valence-corrected chi connectivity index (χ4v) is 2.61. The third kappa shape index (κ3) is 3.14. The summed E-state index contributed by atoms with van der Waals surface area (Å²) in [6.45, 7) is 0.589. The Labute approximate surface area is 140 Å². The van der Waals surface area contributed by atoms with Gasteiger partial charge in [0.25, 0.3) is 5.89 Å². The van der Waals surface area contributed by atoms with E-state index < -0.39 is 5.76 Å². The number of oxazole rings is 1. The van der Waals surface area contributed by atoms with Crippen LogP contribution in [0.4, 0.5) is 0 Å². The van der Waals surface area contributed by atoms with Crippen molar-refractivity contribution in [2.45, 2.75) is 19.4 Å². The molecule has 0 aliphatic heterocycles. The zero-order valence-electron chi connectivity index (χ0n) is 13.1. The number of hydrogen-bond acceptors (Lipinski definition) is 6. The molecule has 4 aromatic rings. The van der Waals surface area contributed by atoms with E-state index in [-0.39, 0.29) is 5.56 Å². The molecule has 3 heterocycles. The van der Waals surface area contributed by atoms with E-state index in [0.717, 1.165) is 6.42 Å². The summed E-state index contributed by atoms with van der Waals surface area (Å²) in [7, 11) is 0. The van der Waals surface area contributed by atoms with E-state index >= 15 is 0 Å². The summed E-state index contributed by atoms with van der Waals surface area (Å²) in [5, 5.41) is 3.96. The molecule has 1 aromatic carbocycles. The Hall–Kier alpha value is -3.42. The Morgan fingerprint density at radius 3 is 2.96 bits per heavy atom. The molecule has 3 aromatic heterocycles. The normalized spacial score (nSPS) is 11.2. The van der Waals surface area contributed by atoms with E-state index in [2.05, 4.69) is 15.1 Å². The molecule has 0 unspecified atom stereocenters. The van der Waals surface area contributed by atoms with Crippen LogP contribution in [-0.4, -0.2) is 19.7 Å². The maximum absolute atomic E-state index is 11.6. The SMILES string of the molecule is O=c1[nH]c2cc(-c3nc(CCCn4ccccc4=O)no3)ccc2o1. The summed E-state index contributed by atoms with van der Waals surface area (Å²) in [6, 6.07) is 10.2. The van der Waals surface area contributed by atoms with Crippen LogP contribution in [0.2, 0.25) is 0 Å². The van der Waals surface area contributed by atoms with Gasteiger partial charge in [0.1, 0.15) is 0 Å². The largest absolute Gasteiger partial charge is 0.417 e. The van der Waals surface area contributed by atoms with Crippen molar-refractivity contribution in [3.63, 3.8) is 0 Å². The minimum Gasteiger partial charge on any atom is -0.408 e. The maximum Gasteiger partial charge on any atom is 0.417 e. The maximum atomic E-state index is 11.6. The van der Waals surface area contributed by atoms with E-state index in [4.69, 9.17) is 8.94 Å². The van der Waals surface area contributed by atoms with Gasteiger partial charge in [-0.25, -0.2) is 4.79 Å². The van der Waals surface area contributed by atoms with Crippen LogP contribution in [0.1, 0.15) is 12.2 Å². The molecule has 0 amide bonds. The summed E-state index contributed by atoms with van der Waals surface area (Å²) in [5.41, 5.74) is 1.72. The number of nitrogens with zero attached hydrogens (tertiary/aromatic N) is 3. The number of pyridine rings is 1. The number of aromatic nitrogens is 4. The number of benzene rings is 1. The molecule has 0 atom stereocenters. The minimum absolute atomic E-state index is 0.0290. The van der Waals surface area contributed by atoms with Gasteiger partial charge < -0.3 is 13.5 Å². The quantitative estimate of drug-likeness (QED) is 0.596. The number of aromatic amines is 1. The van der Waals surface area contributed by atoms with Gasteiger partial charge in [0.05, 0.1) is 5.52 Å². The van der Waals surface area contributed by atoms with Crippen molar-refractivity contribution >= 4 is 11.1 Å². The first kappa shape index (κ1) is 15.1. The van der Waals surface area contributed by atoms with Crippen LogP contribution in [0, 0.1) is 0 Å². The smallest absolute Gasteiger partial charge is 0.408 e. The molecular formula is C17H14N4O4. The predicted octanol–water partition coefficient (Wildman–Crippen LogP) is 1.97. The fourth-order valence-electron chi connectivity index (χ4n) is 2.61. The number of aryl methyl sites for hydroxylation is 2. The van der Waals surface area contributed by atoms with Crippen LogP contribution in [-0.2, 0) is 13.0 Å². The fraction of sp³-hybridized carbons (Fsp3) is 0.176. The highest BCUT2D eigenvalue weighted by molar-refractivity contribution is 5.77. The number of rotatable bonds is 5. The first-order valence-electron chi connectivity index (χ1n) is 7.80. The summed E-state index contributed by atoms with van der Waals surface area (Å²) < 4.78 is 11.9. The van der Waals surface area contributed by atoms with Crippen LogP contribution < -0.4 is 11.3 Å². The molecule has 0 fully saturated rings. The lowest BCUT2D eigenvalue weighted by molar-refractivity contribution is 0.420. The van der Waals surface area contributed by atoms with Gasteiger partial charge in [0.15, 0.2) is 11.4 Å². The average molecular weight is 338 g/mol. The molecule has 0 radical (unpaired) electrons. The Morgan fingerprint density at radius 2 is 2.08 bits per heavy atom. The second-order valence-corrected chi connectivity index (χ2v) is 5.58. The lowest BCUT2D eigenvalue weighted by atomic mass is 10.2. The van der Waals surface area contributed by atoms with E-state index in [1.807, 2.05) is 6.07 Å². The first-order valence-corrected chi connectivity index (χ1v) is 7.80. The highest BCUT2D eigenvalue weighted by Gasteiger charge is 2.11. The average Bonchev–Trinajstić information content (AvgIpc) is 3.21. The Morgan fingerprint density at radius 1 is 1.16 bits per heavy atom. The Kier molecular flexibility index (Phi) is 3.77. The second-order valence-electron chi connectivity index (χ2n) is 5.58. The van der Waals surface area contributed by atoms with E-state index in [1.54, 1.807) is 35.0 Å². The van der Waals surface area contributed by atoms with Crippen LogP contribution >= 0.6 is 0 Å². The molecule has 1 N–H and O–H groups in total. The minimum atomic E-state index is -0.505. The van der Waals surface area contributed by atoms with Crippen molar-refractivity contribution in [1.82, 2.24) is 19.7 Å².